The fourth-order valence-electron chi connectivity index (χ4n) is 1.82. The highest BCUT2D eigenvalue weighted by Crippen LogP contribution is 2.16. The second-order valence-electron chi connectivity index (χ2n) is 4.52. The Morgan fingerprint density at radius 3 is 2.81 bits per heavy atom. The summed E-state index contributed by atoms with van der Waals surface area (Å²) in [6.07, 6.45) is 0.914. The lowest BCUT2D eigenvalue weighted by Crippen LogP contribution is -2.12. The number of benzene rings is 2. The Hall–Kier alpha value is -2.80. The number of anilines is 1. The molecule has 2 rings (SSSR count). The molecule has 0 fully saturated rings. The van der Waals surface area contributed by atoms with Crippen molar-refractivity contribution < 1.29 is 9.53 Å². The maximum absolute atomic E-state index is 12.2. The third-order valence-corrected chi connectivity index (χ3v) is 2.82. The molecule has 0 aliphatic rings. The van der Waals surface area contributed by atoms with Gasteiger partial charge in [-0.1, -0.05) is 19.1 Å². The number of hydrogen-bond acceptors (Lipinski definition) is 3. The highest BCUT2D eigenvalue weighted by molar-refractivity contribution is 6.04. The van der Waals surface area contributed by atoms with Gasteiger partial charge >= 0.3 is 0 Å². The van der Waals surface area contributed by atoms with Gasteiger partial charge in [0.05, 0.1) is 18.2 Å². The normalized spacial score (nSPS) is 9.71. The molecular weight excluding hydrogens is 264 g/mol. The van der Waals surface area contributed by atoms with Gasteiger partial charge in [0, 0.05) is 11.3 Å². The lowest BCUT2D eigenvalue weighted by atomic mass is 10.1. The molecule has 0 atom stereocenters. The first-order valence-corrected chi connectivity index (χ1v) is 6.77. The minimum atomic E-state index is -0.230. The summed E-state index contributed by atoms with van der Waals surface area (Å²) in [5, 5.41) is 11.6. The van der Waals surface area contributed by atoms with E-state index in [-0.39, 0.29) is 5.91 Å². The number of nitrogens with zero attached hydrogens (tertiary/aromatic N) is 1. The largest absolute Gasteiger partial charge is 0.494 e. The van der Waals surface area contributed by atoms with Crippen molar-refractivity contribution in [3.8, 4) is 11.8 Å². The maximum Gasteiger partial charge on any atom is 0.255 e. The molecule has 0 aliphatic heterocycles. The number of carbonyl (C=O) groups is 1. The number of amides is 1. The molecule has 1 amide bonds. The lowest BCUT2D eigenvalue weighted by Gasteiger charge is -2.08. The fraction of sp³-hybridized carbons (Fsp3) is 0.176. The van der Waals surface area contributed by atoms with E-state index in [1.54, 1.807) is 42.5 Å². The van der Waals surface area contributed by atoms with Crippen LogP contribution in [0.15, 0.2) is 48.5 Å². The van der Waals surface area contributed by atoms with E-state index in [4.69, 9.17) is 10.00 Å². The molecule has 4 heteroatoms. The Labute approximate surface area is 124 Å². The van der Waals surface area contributed by atoms with Crippen LogP contribution in [0.3, 0.4) is 0 Å². The Bertz CT molecular complexity index is 674. The van der Waals surface area contributed by atoms with E-state index in [2.05, 4.69) is 5.32 Å². The van der Waals surface area contributed by atoms with Crippen LogP contribution in [0.1, 0.15) is 29.3 Å². The van der Waals surface area contributed by atoms with Crippen LogP contribution < -0.4 is 10.1 Å². The monoisotopic (exact) mass is 280 g/mol. The van der Waals surface area contributed by atoms with Gasteiger partial charge in [-0.05, 0) is 42.8 Å². The molecule has 2 aromatic rings. The molecule has 106 valence electrons. The first-order valence-electron chi connectivity index (χ1n) is 6.77. The first kappa shape index (κ1) is 14.6. The first-order chi connectivity index (χ1) is 10.2. The fourth-order valence-corrected chi connectivity index (χ4v) is 1.82. The summed E-state index contributed by atoms with van der Waals surface area (Å²) in [5.41, 5.74) is 1.62. The van der Waals surface area contributed by atoms with Crippen molar-refractivity contribution in [2.24, 2.45) is 0 Å². The quantitative estimate of drug-likeness (QED) is 0.910. The number of ether oxygens (including phenoxy) is 1. The van der Waals surface area contributed by atoms with Gasteiger partial charge in [-0.25, -0.2) is 0 Å². The van der Waals surface area contributed by atoms with Gasteiger partial charge in [-0.2, -0.15) is 5.26 Å². The van der Waals surface area contributed by atoms with Crippen LogP contribution in [0.4, 0.5) is 5.69 Å². The molecule has 0 saturated heterocycles. The number of nitriles is 1. The molecule has 0 unspecified atom stereocenters. The Morgan fingerprint density at radius 2 is 2.05 bits per heavy atom. The lowest BCUT2D eigenvalue weighted by molar-refractivity contribution is 0.102. The van der Waals surface area contributed by atoms with Gasteiger partial charge in [-0.3, -0.25) is 4.79 Å². The molecule has 0 aliphatic carbocycles. The summed E-state index contributed by atoms with van der Waals surface area (Å²) in [7, 11) is 0. The zero-order chi connectivity index (χ0) is 15.1. The van der Waals surface area contributed by atoms with Gasteiger partial charge in [0.25, 0.3) is 5.91 Å². The van der Waals surface area contributed by atoms with Crippen LogP contribution in [-0.4, -0.2) is 12.5 Å². The van der Waals surface area contributed by atoms with Crippen molar-refractivity contribution in [1.29, 1.82) is 5.26 Å². The number of rotatable bonds is 5. The van der Waals surface area contributed by atoms with Crippen LogP contribution in [-0.2, 0) is 0 Å². The zero-order valence-corrected chi connectivity index (χ0v) is 11.8. The third kappa shape index (κ3) is 4.08. The molecule has 21 heavy (non-hydrogen) atoms. The highest BCUT2D eigenvalue weighted by atomic mass is 16.5. The van der Waals surface area contributed by atoms with Crippen LogP contribution in [0.5, 0.6) is 5.75 Å². The van der Waals surface area contributed by atoms with Crippen LogP contribution in [0, 0.1) is 11.3 Å². The molecule has 0 spiro atoms. The van der Waals surface area contributed by atoms with Crippen molar-refractivity contribution in [2.75, 3.05) is 11.9 Å². The maximum atomic E-state index is 12.2. The van der Waals surface area contributed by atoms with E-state index in [0.29, 0.717) is 29.2 Å². The topological polar surface area (TPSA) is 62.1 Å². The predicted molar refractivity (Wildman–Crippen MR) is 81.3 cm³/mol. The molecule has 2 aromatic carbocycles. The van der Waals surface area contributed by atoms with E-state index in [9.17, 15) is 4.79 Å². The standard InChI is InChI=1S/C17H16N2O2/c1-2-9-21-16-8-4-6-14(11-16)17(20)19-15-7-3-5-13(10-15)12-18/h3-8,10-11H,2,9H2,1H3,(H,19,20). The highest BCUT2D eigenvalue weighted by Gasteiger charge is 2.07. The van der Waals surface area contributed by atoms with Crippen molar-refractivity contribution in [1.82, 2.24) is 0 Å². The summed E-state index contributed by atoms with van der Waals surface area (Å²) in [6, 6.07) is 15.9. The van der Waals surface area contributed by atoms with E-state index < -0.39 is 0 Å². The minimum absolute atomic E-state index is 0.230. The second kappa shape index (κ2) is 7.11. The molecule has 0 radical (unpaired) electrons. The van der Waals surface area contributed by atoms with Gasteiger partial charge in [0.2, 0.25) is 0 Å². The summed E-state index contributed by atoms with van der Waals surface area (Å²) >= 11 is 0. The Balaban J connectivity index is 2.11. The van der Waals surface area contributed by atoms with E-state index in [1.807, 2.05) is 19.1 Å². The Kier molecular flexibility index (Phi) is 4.94. The van der Waals surface area contributed by atoms with Crippen molar-refractivity contribution in [3.05, 3.63) is 59.7 Å². The Morgan fingerprint density at radius 1 is 1.24 bits per heavy atom. The van der Waals surface area contributed by atoms with E-state index in [1.165, 1.54) is 0 Å². The molecule has 1 N–H and O–H groups in total. The average Bonchev–Trinajstić information content (AvgIpc) is 2.53. The van der Waals surface area contributed by atoms with Gasteiger partial charge in [-0.15, -0.1) is 0 Å². The molecule has 0 aromatic heterocycles. The van der Waals surface area contributed by atoms with E-state index >= 15 is 0 Å². The molecule has 4 nitrogen and oxygen atoms in total. The molecule has 0 bridgehead atoms. The van der Waals surface area contributed by atoms with E-state index in [0.717, 1.165) is 6.42 Å². The smallest absolute Gasteiger partial charge is 0.255 e. The van der Waals surface area contributed by atoms with Crippen molar-refractivity contribution in [3.63, 3.8) is 0 Å². The summed E-state index contributed by atoms with van der Waals surface area (Å²) in [6.45, 7) is 2.65. The molecular formula is C17H16N2O2. The van der Waals surface area contributed by atoms with Crippen molar-refractivity contribution >= 4 is 11.6 Å². The van der Waals surface area contributed by atoms with Crippen molar-refractivity contribution in [2.45, 2.75) is 13.3 Å². The molecule has 0 heterocycles. The van der Waals surface area contributed by atoms with Crippen LogP contribution in [0.25, 0.3) is 0 Å². The zero-order valence-electron chi connectivity index (χ0n) is 11.8. The predicted octanol–water partition coefficient (Wildman–Crippen LogP) is 3.60. The van der Waals surface area contributed by atoms with Gasteiger partial charge < -0.3 is 10.1 Å². The summed E-state index contributed by atoms with van der Waals surface area (Å²) in [4.78, 5) is 12.2. The van der Waals surface area contributed by atoms with Crippen LogP contribution in [0.2, 0.25) is 0 Å². The average molecular weight is 280 g/mol. The van der Waals surface area contributed by atoms with Gasteiger partial charge in [0.15, 0.2) is 0 Å². The van der Waals surface area contributed by atoms with Crippen LogP contribution >= 0.6 is 0 Å². The number of nitrogens with one attached hydrogen (secondary N) is 1. The second-order valence-corrected chi connectivity index (χ2v) is 4.52. The third-order valence-electron chi connectivity index (χ3n) is 2.82. The summed E-state index contributed by atoms with van der Waals surface area (Å²) in [5.74, 6) is 0.447. The summed E-state index contributed by atoms with van der Waals surface area (Å²) < 4.78 is 5.51. The SMILES string of the molecule is CCCOc1cccc(C(=O)Nc2cccc(C#N)c2)c1. The number of carbonyl (C=O) groups excluding carboxylic acids is 1. The molecule has 0 saturated carbocycles. The number of hydrogen-bond donors (Lipinski definition) is 1. The minimum Gasteiger partial charge on any atom is -0.494 e. The van der Waals surface area contributed by atoms with Gasteiger partial charge in [0.1, 0.15) is 5.75 Å².